The van der Waals surface area contributed by atoms with E-state index in [2.05, 4.69) is 5.32 Å². The minimum absolute atomic E-state index is 0.191. The van der Waals surface area contributed by atoms with Crippen LogP contribution in [-0.4, -0.2) is 49.1 Å². The highest BCUT2D eigenvalue weighted by atomic mass is 35.5. The van der Waals surface area contributed by atoms with Gasteiger partial charge in [-0.3, -0.25) is 9.59 Å². The highest BCUT2D eigenvalue weighted by Crippen LogP contribution is 2.21. The lowest BCUT2D eigenvalue weighted by Gasteiger charge is -2.17. The van der Waals surface area contributed by atoms with Gasteiger partial charge in [0, 0.05) is 11.9 Å². The number of likely N-dealkylation sites (N-methyl/N-ethyl adjacent to an activating group) is 1. The summed E-state index contributed by atoms with van der Waals surface area (Å²) in [6.07, 6.45) is 1.85. The van der Waals surface area contributed by atoms with E-state index >= 15 is 0 Å². The number of thioether (sulfide) groups is 1. The topological polar surface area (TPSA) is 75.7 Å². The van der Waals surface area contributed by atoms with Gasteiger partial charge in [-0.25, -0.2) is 4.79 Å². The molecule has 0 fully saturated rings. The Bertz CT molecular complexity index is 844. The summed E-state index contributed by atoms with van der Waals surface area (Å²) in [7, 11) is 1.46. The largest absolute Gasteiger partial charge is 0.452 e. The van der Waals surface area contributed by atoms with Crippen molar-refractivity contribution < 1.29 is 19.1 Å². The number of nitrogens with one attached hydrogen (secondary N) is 1. The van der Waals surface area contributed by atoms with Crippen molar-refractivity contribution in [1.29, 1.82) is 0 Å². The van der Waals surface area contributed by atoms with Gasteiger partial charge in [-0.15, -0.1) is 11.8 Å². The molecule has 6 nitrogen and oxygen atoms in total. The maximum Gasteiger partial charge on any atom is 0.339 e. The fourth-order valence-corrected chi connectivity index (χ4v) is 2.95. The molecule has 0 aliphatic carbocycles. The van der Waals surface area contributed by atoms with Crippen LogP contribution in [0.5, 0.6) is 0 Å². The molecular weight excluding hydrogens is 388 g/mol. The molecular formula is C19H19ClN2O4S. The Morgan fingerprint density at radius 2 is 1.78 bits per heavy atom. The molecule has 142 valence electrons. The Labute approximate surface area is 166 Å². The summed E-state index contributed by atoms with van der Waals surface area (Å²) in [6.45, 7) is -0.638. The fourth-order valence-electron chi connectivity index (χ4n) is 2.18. The number of amides is 2. The van der Waals surface area contributed by atoms with Crippen LogP contribution in [0.15, 0.2) is 53.4 Å². The van der Waals surface area contributed by atoms with Gasteiger partial charge in [-0.2, -0.15) is 0 Å². The molecule has 27 heavy (non-hydrogen) atoms. The number of carbonyl (C=O) groups is 3. The number of hydrogen-bond donors (Lipinski definition) is 1. The number of hydrogen-bond acceptors (Lipinski definition) is 5. The molecule has 0 saturated heterocycles. The summed E-state index contributed by atoms with van der Waals surface area (Å²) in [5, 5.41) is 3.03. The van der Waals surface area contributed by atoms with E-state index in [1.165, 1.54) is 23.7 Å². The van der Waals surface area contributed by atoms with Crippen molar-refractivity contribution in [2.24, 2.45) is 0 Å². The molecule has 0 atom stereocenters. The number of carbonyl (C=O) groups excluding carboxylic acids is 3. The Morgan fingerprint density at radius 1 is 1.11 bits per heavy atom. The molecule has 8 heteroatoms. The smallest absolute Gasteiger partial charge is 0.339 e. The fraction of sp³-hybridized carbons (Fsp3) is 0.211. The van der Waals surface area contributed by atoms with Gasteiger partial charge in [0.2, 0.25) is 5.91 Å². The van der Waals surface area contributed by atoms with Crippen LogP contribution in [-0.2, 0) is 14.3 Å². The van der Waals surface area contributed by atoms with E-state index in [-0.39, 0.29) is 6.54 Å². The Kier molecular flexibility index (Phi) is 7.69. The minimum Gasteiger partial charge on any atom is -0.452 e. The molecule has 0 aliphatic heterocycles. The number of esters is 1. The zero-order chi connectivity index (χ0) is 19.8. The van der Waals surface area contributed by atoms with Crippen molar-refractivity contribution >= 4 is 46.8 Å². The van der Waals surface area contributed by atoms with Crippen LogP contribution in [0.4, 0.5) is 5.69 Å². The lowest BCUT2D eigenvalue weighted by Crippen LogP contribution is -2.37. The zero-order valence-electron chi connectivity index (χ0n) is 14.9. The second-order valence-corrected chi connectivity index (χ2v) is 6.81. The van der Waals surface area contributed by atoms with Crippen LogP contribution < -0.4 is 5.32 Å². The zero-order valence-corrected chi connectivity index (χ0v) is 16.5. The molecule has 2 amide bonds. The van der Waals surface area contributed by atoms with Crippen molar-refractivity contribution in [1.82, 2.24) is 4.90 Å². The Morgan fingerprint density at radius 3 is 2.48 bits per heavy atom. The maximum absolute atomic E-state index is 12.2. The van der Waals surface area contributed by atoms with Crippen molar-refractivity contribution in [2.75, 3.05) is 31.8 Å². The molecule has 0 aromatic heterocycles. The van der Waals surface area contributed by atoms with Gasteiger partial charge in [0.15, 0.2) is 6.61 Å². The number of anilines is 1. The third kappa shape index (κ3) is 6.01. The number of benzene rings is 2. The van der Waals surface area contributed by atoms with Crippen LogP contribution >= 0.6 is 23.4 Å². The van der Waals surface area contributed by atoms with Crippen LogP contribution in [0.1, 0.15) is 10.4 Å². The first-order chi connectivity index (χ1) is 12.9. The standard InChI is InChI=1S/C19H19ClN2O4S/c1-22(11-17(23)21-15-9-5-4-8-14(15)20)18(24)12-26-19(25)13-7-3-6-10-16(13)27-2/h3-10H,11-12H2,1-2H3,(H,21,23). The molecule has 2 aromatic rings. The lowest BCUT2D eigenvalue weighted by atomic mass is 10.2. The number of nitrogens with zero attached hydrogens (tertiary/aromatic N) is 1. The highest BCUT2D eigenvalue weighted by molar-refractivity contribution is 7.98. The van der Waals surface area contributed by atoms with E-state index in [4.69, 9.17) is 16.3 Å². The molecule has 0 radical (unpaired) electrons. The molecule has 0 bridgehead atoms. The highest BCUT2D eigenvalue weighted by Gasteiger charge is 2.18. The van der Waals surface area contributed by atoms with Gasteiger partial charge in [0.1, 0.15) is 0 Å². The van der Waals surface area contributed by atoms with Crippen molar-refractivity contribution in [2.45, 2.75) is 4.90 Å². The third-order valence-corrected chi connectivity index (χ3v) is 4.73. The van der Waals surface area contributed by atoms with E-state index in [0.717, 1.165) is 4.90 Å². The molecule has 2 rings (SSSR count). The van der Waals surface area contributed by atoms with E-state index in [0.29, 0.717) is 16.3 Å². The molecule has 0 saturated carbocycles. The molecule has 1 N–H and O–H groups in total. The number of para-hydroxylation sites is 1. The van der Waals surface area contributed by atoms with Gasteiger partial charge >= 0.3 is 5.97 Å². The van der Waals surface area contributed by atoms with Gasteiger partial charge < -0.3 is 15.0 Å². The number of ether oxygens (including phenoxy) is 1. The first kappa shape index (κ1) is 20.8. The van der Waals surface area contributed by atoms with E-state index in [1.807, 2.05) is 12.3 Å². The molecule has 0 unspecified atom stereocenters. The lowest BCUT2D eigenvalue weighted by molar-refractivity contribution is -0.136. The molecule has 0 heterocycles. The van der Waals surface area contributed by atoms with E-state index in [9.17, 15) is 14.4 Å². The molecule has 2 aromatic carbocycles. The average molecular weight is 407 g/mol. The first-order valence-electron chi connectivity index (χ1n) is 8.01. The Balaban J connectivity index is 1.85. The van der Waals surface area contributed by atoms with Crippen molar-refractivity contribution in [3.05, 3.63) is 59.1 Å². The predicted octanol–water partition coefficient (Wildman–Crippen LogP) is 3.32. The van der Waals surface area contributed by atoms with Crippen LogP contribution in [0, 0.1) is 0 Å². The van der Waals surface area contributed by atoms with Gasteiger partial charge in [0.25, 0.3) is 5.91 Å². The second-order valence-electron chi connectivity index (χ2n) is 5.55. The number of halogens is 1. The monoisotopic (exact) mass is 406 g/mol. The average Bonchev–Trinajstić information content (AvgIpc) is 2.67. The van der Waals surface area contributed by atoms with Gasteiger partial charge in [-0.1, -0.05) is 35.9 Å². The number of rotatable bonds is 7. The third-order valence-electron chi connectivity index (χ3n) is 3.61. The van der Waals surface area contributed by atoms with Crippen molar-refractivity contribution in [3.63, 3.8) is 0 Å². The summed E-state index contributed by atoms with van der Waals surface area (Å²) < 4.78 is 5.08. The quantitative estimate of drug-likeness (QED) is 0.564. The maximum atomic E-state index is 12.2. The van der Waals surface area contributed by atoms with E-state index < -0.39 is 24.4 Å². The van der Waals surface area contributed by atoms with E-state index in [1.54, 1.807) is 42.5 Å². The van der Waals surface area contributed by atoms with Crippen LogP contribution in [0.2, 0.25) is 5.02 Å². The molecule has 0 spiro atoms. The Hall–Kier alpha value is -2.51. The summed E-state index contributed by atoms with van der Waals surface area (Å²) in [5.74, 6) is -1.47. The van der Waals surface area contributed by atoms with Gasteiger partial charge in [-0.05, 0) is 30.5 Å². The SMILES string of the molecule is CSc1ccccc1C(=O)OCC(=O)N(C)CC(=O)Nc1ccccc1Cl. The molecule has 0 aliphatic rings. The minimum atomic E-state index is -0.581. The predicted molar refractivity (Wildman–Crippen MR) is 106 cm³/mol. The second kappa shape index (κ2) is 9.99. The summed E-state index contributed by atoms with van der Waals surface area (Å²) in [5.41, 5.74) is 0.863. The summed E-state index contributed by atoms with van der Waals surface area (Å²) >= 11 is 7.40. The van der Waals surface area contributed by atoms with Crippen LogP contribution in [0.25, 0.3) is 0 Å². The van der Waals surface area contributed by atoms with Gasteiger partial charge in [0.05, 0.1) is 22.8 Å². The first-order valence-corrected chi connectivity index (χ1v) is 9.61. The van der Waals surface area contributed by atoms with Crippen LogP contribution in [0.3, 0.4) is 0 Å². The van der Waals surface area contributed by atoms with Crippen molar-refractivity contribution in [3.8, 4) is 0 Å². The normalized spacial score (nSPS) is 10.2. The summed E-state index contributed by atoms with van der Waals surface area (Å²) in [6, 6.07) is 13.8. The summed E-state index contributed by atoms with van der Waals surface area (Å²) in [4.78, 5) is 38.3.